The van der Waals surface area contributed by atoms with Gasteiger partial charge in [-0.1, -0.05) is 12.1 Å². The molecule has 4 heteroatoms. The first-order chi connectivity index (χ1) is 8.81. The van der Waals surface area contributed by atoms with E-state index in [1.165, 1.54) is 0 Å². The molecule has 1 fully saturated rings. The number of carbonyl (C=O) groups excluding carboxylic acids is 1. The van der Waals surface area contributed by atoms with E-state index in [1.54, 1.807) is 25.3 Å². The smallest absolute Gasteiger partial charge is 0.341 e. The molecule has 1 aromatic carbocycles. The van der Waals surface area contributed by atoms with E-state index in [4.69, 9.17) is 14.2 Å². The SMILES string of the molecule is COc1ccccc1C(=O)OCCC1CCCO1. The van der Waals surface area contributed by atoms with Crippen LogP contribution in [0.25, 0.3) is 0 Å². The van der Waals surface area contributed by atoms with Gasteiger partial charge in [-0.25, -0.2) is 4.79 Å². The highest BCUT2D eigenvalue weighted by Crippen LogP contribution is 2.19. The molecule has 0 amide bonds. The Bertz CT molecular complexity index is 397. The summed E-state index contributed by atoms with van der Waals surface area (Å²) in [5.41, 5.74) is 0.465. The zero-order valence-corrected chi connectivity index (χ0v) is 10.6. The first-order valence-corrected chi connectivity index (χ1v) is 6.23. The topological polar surface area (TPSA) is 44.8 Å². The number of ether oxygens (including phenoxy) is 3. The Hall–Kier alpha value is -1.55. The van der Waals surface area contributed by atoms with Gasteiger partial charge in [0.15, 0.2) is 0 Å². The van der Waals surface area contributed by atoms with Crippen molar-refractivity contribution in [3.8, 4) is 5.75 Å². The van der Waals surface area contributed by atoms with Crippen LogP contribution in [-0.4, -0.2) is 32.4 Å². The summed E-state index contributed by atoms with van der Waals surface area (Å²) in [5, 5.41) is 0. The molecule has 1 aromatic rings. The van der Waals surface area contributed by atoms with Crippen molar-refractivity contribution in [1.82, 2.24) is 0 Å². The molecule has 0 bridgehead atoms. The van der Waals surface area contributed by atoms with E-state index < -0.39 is 0 Å². The van der Waals surface area contributed by atoms with Gasteiger partial charge in [0.25, 0.3) is 0 Å². The zero-order chi connectivity index (χ0) is 12.8. The van der Waals surface area contributed by atoms with E-state index in [9.17, 15) is 4.79 Å². The van der Waals surface area contributed by atoms with Gasteiger partial charge in [-0.05, 0) is 25.0 Å². The van der Waals surface area contributed by atoms with Crippen molar-refractivity contribution in [2.45, 2.75) is 25.4 Å². The minimum atomic E-state index is -0.342. The summed E-state index contributed by atoms with van der Waals surface area (Å²) >= 11 is 0. The van der Waals surface area contributed by atoms with Gasteiger partial charge in [0, 0.05) is 13.0 Å². The fraction of sp³-hybridized carbons (Fsp3) is 0.500. The third-order valence-corrected chi connectivity index (χ3v) is 3.02. The molecule has 1 saturated heterocycles. The van der Waals surface area contributed by atoms with Crippen LogP contribution in [0.15, 0.2) is 24.3 Å². The molecule has 0 aliphatic carbocycles. The monoisotopic (exact) mass is 250 g/mol. The average molecular weight is 250 g/mol. The Morgan fingerprint density at radius 1 is 1.44 bits per heavy atom. The molecule has 1 heterocycles. The number of hydrogen-bond donors (Lipinski definition) is 0. The van der Waals surface area contributed by atoms with Gasteiger partial charge < -0.3 is 14.2 Å². The molecule has 1 aliphatic rings. The average Bonchev–Trinajstić information content (AvgIpc) is 2.91. The molecule has 0 aromatic heterocycles. The molecule has 0 radical (unpaired) electrons. The fourth-order valence-electron chi connectivity index (χ4n) is 2.05. The van der Waals surface area contributed by atoms with Crippen molar-refractivity contribution >= 4 is 5.97 Å². The lowest BCUT2D eigenvalue weighted by molar-refractivity contribution is 0.0383. The molecule has 0 spiro atoms. The first-order valence-electron chi connectivity index (χ1n) is 6.23. The summed E-state index contributed by atoms with van der Waals surface area (Å²) < 4.78 is 15.8. The Morgan fingerprint density at radius 3 is 3.00 bits per heavy atom. The van der Waals surface area contributed by atoms with Gasteiger partial charge in [0.2, 0.25) is 0 Å². The molecule has 0 saturated carbocycles. The molecule has 18 heavy (non-hydrogen) atoms. The summed E-state index contributed by atoms with van der Waals surface area (Å²) in [4.78, 5) is 11.9. The van der Waals surface area contributed by atoms with Crippen LogP contribution in [0.3, 0.4) is 0 Å². The number of hydrogen-bond acceptors (Lipinski definition) is 4. The number of rotatable bonds is 5. The molecule has 98 valence electrons. The van der Waals surface area contributed by atoms with E-state index in [-0.39, 0.29) is 12.1 Å². The summed E-state index contributed by atoms with van der Waals surface area (Å²) in [6.07, 6.45) is 3.17. The normalized spacial score (nSPS) is 18.6. The van der Waals surface area contributed by atoms with Gasteiger partial charge in [-0.15, -0.1) is 0 Å². The molecule has 2 rings (SSSR count). The van der Waals surface area contributed by atoms with E-state index in [0.717, 1.165) is 25.9 Å². The van der Waals surface area contributed by atoms with E-state index in [2.05, 4.69) is 0 Å². The highest BCUT2D eigenvalue weighted by molar-refractivity contribution is 5.92. The molecule has 4 nitrogen and oxygen atoms in total. The summed E-state index contributed by atoms with van der Waals surface area (Å²) in [7, 11) is 1.54. The Balaban J connectivity index is 1.83. The van der Waals surface area contributed by atoms with Crippen molar-refractivity contribution in [3.05, 3.63) is 29.8 Å². The van der Waals surface area contributed by atoms with Gasteiger partial charge in [-0.3, -0.25) is 0 Å². The lowest BCUT2D eigenvalue weighted by atomic mass is 10.2. The molecule has 1 aliphatic heterocycles. The van der Waals surface area contributed by atoms with Crippen molar-refractivity contribution < 1.29 is 19.0 Å². The lowest BCUT2D eigenvalue weighted by Crippen LogP contribution is -2.13. The number of benzene rings is 1. The van der Waals surface area contributed by atoms with Crippen LogP contribution in [0.1, 0.15) is 29.6 Å². The molecule has 0 N–H and O–H groups in total. The standard InChI is InChI=1S/C14H18O4/c1-16-13-7-3-2-6-12(13)14(15)18-10-8-11-5-4-9-17-11/h2-3,6-7,11H,4-5,8-10H2,1H3. The summed E-state index contributed by atoms with van der Waals surface area (Å²) in [6, 6.07) is 7.06. The maximum atomic E-state index is 11.9. The Labute approximate surface area is 107 Å². The van der Waals surface area contributed by atoms with Gasteiger partial charge in [0.05, 0.1) is 19.8 Å². The minimum Gasteiger partial charge on any atom is -0.496 e. The van der Waals surface area contributed by atoms with Crippen LogP contribution < -0.4 is 4.74 Å². The Kier molecular flexibility index (Phi) is 4.59. The van der Waals surface area contributed by atoms with Crippen molar-refractivity contribution in [3.63, 3.8) is 0 Å². The van der Waals surface area contributed by atoms with E-state index in [0.29, 0.717) is 17.9 Å². The third kappa shape index (κ3) is 3.23. The number of methoxy groups -OCH3 is 1. The molecular formula is C14H18O4. The highest BCUT2D eigenvalue weighted by atomic mass is 16.5. The number of esters is 1. The van der Waals surface area contributed by atoms with Crippen LogP contribution in [0, 0.1) is 0 Å². The molecule has 1 atom stereocenters. The second-order valence-electron chi connectivity index (χ2n) is 4.26. The highest BCUT2D eigenvalue weighted by Gasteiger charge is 2.17. The van der Waals surface area contributed by atoms with E-state index >= 15 is 0 Å². The third-order valence-electron chi connectivity index (χ3n) is 3.02. The van der Waals surface area contributed by atoms with Crippen LogP contribution in [0.5, 0.6) is 5.75 Å². The van der Waals surface area contributed by atoms with Gasteiger partial charge in [-0.2, -0.15) is 0 Å². The maximum Gasteiger partial charge on any atom is 0.341 e. The number of para-hydroxylation sites is 1. The van der Waals surface area contributed by atoms with Crippen LogP contribution in [-0.2, 0) is 9.47 Å². The van der Waals surface area contributed by atoms with Crippen LogP contribution in [0.4, 0.5) is 0 Å². The predicted molar refractivity (Wildman–Crippen MR) is 66.9 cm³/mol. The van der Waals surface area contributed by atoms with Crippen molar-refractivity contribution in [1.29, 1.82) is 0 Å². The maximum absolute atomic E-state index is 11.9. The lowest BCUT2D eigenvalue weighted by Gasteiger charge is -2.11. The van der Waals surface area contributed by atoms with E-state index in [1.807, 2.05) is 6.07 Å². The number of carbonyl (C=O) groups is 1. The van der Waals surface area contributed by atoms with Crippen LogP contribution >= 0.6 is 0 Å². The molecular weight excluding hydrogens is 232 g/mol. The molecule has 1 unspecified atom stereocenters. The zero-order valence-electron chi connectivity index (χ0n) is 10.6. The van der Waals surface area contributed by atoms with Gasteiger partial charge >= 0.3 is 5.97 Å². The minimum absolute atomic E-state index is 0.246. The fourth-order valence-corrected chi connectivity index (χ4v) is 2.05. The largest absolute Gasteiger partial charge is 0.496 e. The Morgan fingerprint density at radius 2 is 2.28 bits per heavy atom. The second-order valence-corrected chi connectivity index (χ2v) is 4.26. The van der Waals surface area contributed by atoms with Crippen molar-refractivity contribution in [2.75, 3.05) is 20.3 Å². The predicted octanol–water partition coefficient (Wildman–Crippen LogP) is 2.42. The quantitative estimate of drug-likeness (QED) is 0.753. The first kappa shape index (κ1) is 12.9. The van der Waals surface area contributed by atoms with Crippen molar-refractivity contribution in [2.24, 2.45) is 0 Å². The summed E-state index contributed by atoms with van der Waals surface area (Å²) in [6.45, 7) is 1.21. The second kappa shape index (κ2) is 6.40. The van der Waals surface area contributed by atoms with Gasteiger partial charge in [0.1, 0.15) is 11.3 Å². The summed E-state index contributed by atoms with van der Waals surface area (Å²) in [5.74, 6) is 0.199. The van der Waals surface area contributed by atoms with Crippen LogP contribution in [0.2, 0.25) is 0 Å².